The van der Waals surface area contributed by atoms with E-state index in [1.54, 1.807) is 11.8 Å². The molecule has 4 rings (SSSR count). The molecule has 0 spiro atoms. The maximum atomic E-state index is 13.0. The van der Waals surface area contributed by atoms with Crippen molar-refractivity contribution < 1.29 is 9.53 Å². The Morgan fingerprint density at radius 3 is 2.63 bits per heavy atom. The SMILES string of the molecule is COc1ccc(-n2nnc(C(=O)N3CCC(N4CCNCC4)C3)c2C)cc1. The van der Waals surface area contributed by atoms with Crippen molar-refractivity contribution in [2.24, 2.45) is 0 Å². The molecule has 2 aromatic rings. The number of piperazine rings is 1. The molecule has 1 amide bonds. The normalized spacial score (nSPS) is 20.8. The Morgan fingerprint density at radius 1 is 1.19 bits per heavy atom. The number of benzene rings is 1. The second kappa shape index (κ2) is 7.66. The van der Waals surface area contributed by atoms with E-state index in [0.717, 1.165) is 62.8 Å². The van der Waals surface area contributed by atoms with Crippen LogP contribution in [0, 0.1) is 6.92 Å². The van der Waals surface area contributed by atoms with Gasteiger partial charge in [0.25, 0.3) is 5.91 Å². The molecule has 3 heterocycles. The van der Waals surface area contributed by atoms with E-state index in [1.165, 1.54) is 0 Å². The quantitative estimate of drug-likeness (QED) is 0.854. The number of carbonyl (C=O) groups is 1. The Morgan fingerprint density at radius 2 is 1.93 bits per heavy atom. The van der Waals surface area contributed by atoms with Gasteiger partial charge in [-0.1, -0.05) is 5.21 Å². The van der Waals surface area contributed by atoms with Gasteiger partial charge in [-0.2, -0.15) is 0 Å². The molecule has 0 bridgehead atoms. The Kier molecular flexibility index (Phi) is 5.09. The number of nitrogens with zero attached hydrogens (tertiary/aromatic N) is 5. The van der Waals surface area contributed by atoms with E-state index in [1.807, 2.05) is 36.1 Å². The van der Waals surface area contributed by atoms with Crippen LogP contribution in [0.4, 0.5) is 0 Å². The van der Waals surface area contributed by atoms with E-state index >= 15 is 0 Å². The topological polar surface area (TPSA) is 75.5 Å². The predicted molar refractivity (Wildman–Crippen MR) is 101 cm³/mol. The number of hydrogen-bond donors (Lipinski definition) is 1. The molecule has 1 aromatic carbocycles. The average Bonchev–Trinajstić information content (AvgIpc) is 3.36. The Bertz CT molecular complexity index is 797. The predicted octanol–water partition coefficient (Wildman–Crippen LogP) is 0.704. The zero-order chi connectivity index (χ0) is 18.8. The van der Waals surface area contributed by atoms with Crippen LogP contribution in [0.25, 0.3) is 5.69 Å². The molecule has 8 nitrogen and oxygen atoms in total. The number of rotatable bonds is 4. The molecule has 144 valence electrons. The lowest BCUT2D eigenvalue weighted by atomic mass is 10.2. The van der Waals surface area contributed by atoms with E-state index in [9.17, 15) is 4.79 Å². The first kappa shape index (κ1) is 17.9. The van der Waals surface area contributed by atoms with Gasteiger partial charge in [0.05, 0.1) is 18.5 Å². The van der Waals surface area contributed by atoms with Crippen LogP contribution in [0.3, 0.4) is 0 Å². The van der Waals surface area contributed by atoms with Crippen LogP contribution < -0.4 is 10.1 Å². The molecule has 1 atom stereocenters. The highest BCUT2D eigenvalue weighted by Crippen LogP contribution is 2.21. The van der Waals surface area contributed by atoms with Crippen LogP contribution >= 0.6 is 0 Å². The minimum absolute atomic E-state index is 0.0232. The number of nitrogens with one attached hydrogen (secondary N) is 1. The molecule has 0 saturated carbocycles. The van der Waals surface area contributed by atoms with Crippen molar-refractivity contribution in [2.45, 2.75) is 19.4 Å². The van der Waals surface area contributed by atoms with Crippen LogP contribution in [-0.4, -0.2) is 83.1 Å². The number of methoxy groups -OCH3 is 1. The molecule has 1 unspecified atom stereocenters. The maximum Gasteiger partial charge on any atom is 0.276 e. The van der Waals surface area contributed by atoms with Crippen LogP contribution in [0.1, 0.15) is 22.6 Å². The summed E-state index contributed by atoms with van der Waals surface area (Å²) >= 11 is 0. The highest BCUT2D eigenvalue weighted by Gasteiger charge is 2.33. The Balaban J connectivity index is 1.47. The van der Waals surface area contributed by atoms with Crippen LogP contribution in [-0.2, 0) is 0 Å². The highest BCUT2D eigenvalue weighted by molar-refractivity contribution is 5.93. The fraction of sp³-hybridized carbons (Fsp3) is 0.526. The standard InChI is InChI=1S/C19H26N6O2/c1-14-18(21-22-25(14)15-3-5-17(27-2)6-4-15)19(26)24-10-7-16(13-24)23-11-8-20-9-12-23/h3-6,16,20H,7-13H2,1-2H3. The second-order valence-electron chi connectivity index (χ2n) is 7.11. The van der Waals surface area contributed by atoms with E-state index in [2.05, 4.69) is 20.5 Å². The van der Waals surface area contributed by atoms with E-state index < -0.39 is 0 Å². The summed E-state index contributed by atoms with van der Waals surface area (Å²) in [5.41, 5.74) is 2.06. The van der Waals surface area contributed by atoms with Gasteiger partial charge in [0, 0.05) is 45.3 Å². The first-order valence-corrected chi connectivity index (χ1v) is 9.48. The molecule has 2 saturated heterocycles. The monoisotopic (exact) mass is 370 g/mol. The van der Waals surface area contributed by atoms with Crippen molar-refractivity contribution in [3.8, 4) is 11.4 Å². The van der Waals surface area contributed by atoms with E-state index in [0.29, 0.717) is 11.7 Å². The van der Waals surface area contributed by atoms with Gasteiger partial charge in [-0.25, -0.2) is 4.68 Å². The molecule has 8 heteroatoms. The number of likely N-dealkylation sites (tertiary alicyclic amines) is 1. The molecule has 0 aliphatic carbocycles. The lowest BCUT2D eigenvalue weighted by Gasteiger charge is -2.32. The fourth-order valence-corrected chi connectivity index (χ4v) is 3.92. The zero-order valence-corrected chi connectivity index (χ0v) is 15.9. The number of carbonyl (C=O) groups excluding carboxylic acids is 1. The first-order chi connectivity index (χ1) is 13.2. The molecular weight excluding hydrogens is 344 g/mol. The van der Waals surface area contributed by atoms with Crippen molar-refractivity contribution in [1.29, 1.82) is 0 Å². The van der Waals surface area contributed by atoms with Crippen LogP contribution in [0.5, 0.6) is 5.75 Å². The summed E-state index contributed by atoms with van der Waals surface area (Å²) in [6.45, 7) is 7.61. The van der Waals surface area contributed by atoms with E-state index in [-0.39, 0.29) is 5.91 Å². The molecule has 2 aliphatic rings. The van der Waals surface area contributed by atoms with Crippen molar-refractivity contribution in [2.75, 3.05) is 46.4 Å². The summed E-state index contributed by atoms with van der Waals surface area (Å²) in [6, 6.07) is 8.01. The minimum atomic E-state index is -0.0232. The lowest BCUT2D eigenvalue weighted by Crippen LogP contribution is -2.49. The van der Waals surface area contributed by atoms with E-state index in [4.69, 9.17) is 4.74 Å². The summed E-state index contributed by atoms with van der Waals surface area (Å²) in [6.07, 6.45) is 1.03. The molecule has 2 aliphatic heterocycles. The van der Waals surface area contributed by atoms with Crippen LogP contribution in [0.15, 0.2) is 24.3 Å². The van der Waals surface area contributed by atoms with Crippen molar-refractivity contribution in [1.82, 2.24) is 30.1 Å². The second-order valence-corrected chi connectivity index (χ2v) is 7.11. The summed E-state index contributed by atoms with van der Waals surface area (Å²) < 4.78 is 6.90. The largest absolute Gasteiger partial charge is 0.497 e. The number of hydrogen-bond acceptors (Lipinski definition) is 6. The summed E-state index contributed by atoms with van der Waals surface area (Å²) in [7, 11) is 1.64. The third-order valence-electron chi connectivity index (χ3n) is 5.53. The third-order valence-corrected chi connectivity index (χ3v) is 5.53. The van der Waals surface area contributed by atoms with Gasteiger partial charge in [0.2, 0.25) is 0 Å². The molecule has 1 aromatic heterocycles. The smallest absolute Gasteiger partial charge is 0.276 e. The van der Waals surface area contributed by atoms with Crippen LogP contribution in [0.2, 0.25) is 0 Å². The highest BCUT2D eigenvalue weighted by atomic mass is 16.5. The average molecular weight is 370 g/mol. The summed E-state index contributed by atoms with van der Waals surface area (Å²) in [5.74, 6) is 0.758. The Hall–Kier alpha value is -2.45. The molecule has 27 heavy (non-hydrogen) atoms. The van der Waals surface area contributed by atoms with Gasteiger partial charge in [-0.15, -0.1) is 5.10 Å². The lowest BCUT2D eigenvalue weighted by molar-refractivity contribution is 0.0767. The summed E-state index contributed by atoms with van der Waals surface area (Å²) in [5, 5.41) is 11.8. The van der Waals surface area contributed by atoms with Crippen molar-refractivity contribution >= 4 is 5.91 Å². The first-order valence-electron chi connectivity index (χ1n) is 9.48. The summed E-state index contributed by atoms with van der Waals surface area (Å²) in [4.78, 5) is 17.4. The fourth-order valence-electron chi connectivity index (χ4n) is 3.92. The third kappa shape index (κ3) is 3.54. The van der Waals surface area contributed by atoms with Gasteiger partial charge in [-0.05, 0) is 37.6 Å². The van der Waals surface area contributed by atoms with Gasteiger partial charge in [-0.3, -0.25) is 9.69 Å². The van der Waals surface area contributed by atoms with Gasteiger partial charge in [0.1, 0.15) is 5.75 Å². The molecule has 0 radical (unpaired) electrons. The van der Waals surface area contributed by atoms with Crippen molar-refractivity contribution in [3.63, 3.8) is 0 Å². The van der Waals surface area contributed by atoms with Crippen molar-refractivity contribution in [3.05, 3.63) is 35.7 Å². The number of amides is 1. The van der Waals surface area contributed by atoms with Gasteiger partial charge < -0.3 is 15.0 Å². The zero-order valence-electron chi connectivity index (χ0n) is 15.9. The van der Waals surface area contributed by atoms with Gasteiger partial charge in [0.15, 0.2) is 5.69 Å². The number of aromatic nitrogens is 3. The Labute approximate surface area is 159 Å². The maximum absolute atomic E-state index is 13.0. The molecule has 1 N–H and O–H groups in total. The minimum Gasteiger partial charge on any atom is -0.497 e. The van der Waals surface area contributed by atoms with Gasteiger partial charge >= 0.3 is 0 Å². The number of ether oxygens (including phenoxy) is 1. The molecule has 2 fully saturated rings. The molecular formula is C19H26N6O2.